The van der Waals surface area contributed by atoms with Crippen molar-refractivity contribution in [3.63, 3.8) is 0 Å². The second-order valence-corrected chi connectivity index (χ2v) is 8.00. The molecule has 0 radical (unpaired) electrons. The molecule has 2 N–H and O–H groups in total. The predicted octanol–water partition coefficient (Wildman–Crippen LogP) is 3.35. The molecular formula is C22H31ClN4O3. The number of likely N-dealkylation sites (tertiary alicyclic amines) is 1. The number of carbonyl (C=O) groups excluding carboxylic acids is 1. The van der Waals surface area contributed by atoms with Gasteiger partial charge in [-0.2, -0.15) is 0 Å². The molecule has 1 saturated heterocycles. The van der Waals surface area contributed by atoms with Crippen LogP contribution in [0.1, 0.15) is 47.3 Å². The van der Waals surface area contributed by atoms with E-state index in [0.717, 1.165) is 56.1 Å². The van der Waals surface area contributed by atoms with E-state index in [4.69, 9.17) is 21.1 Å². The van der Waals surface area contributed by atoms with Gasteiger partial charge in [0.25, 0.3) is 5.91 Å². The van der Waals surface area contributed by atoms with Crippen LogP contribution < -0.4 is 10.1 Å². The summed E-state index contributed by atoms with van der Waals surface area (Å²) in [6.45, 7) is 7.90. The average Bonchev–Trinajstić information content (AvgIpc) is 3.10. The number of nitrogens with zero attached hydrogens (tertiary/aromatic N) is 2. The standard InChI is InChI=1S/C22H31ClN4O3/c1-4-21-25-15(2)19(26-21)14-27-10-7-17(8-11-27)30-20-6-5-16(13-18(20)23)22(28)24-9-12-29-3/h5-6,13,17H,4,7-12,14H2,1-3H3,(H,24,28)(H,25,26). The second kappa shape index (κ2) is 10.8. The smallest absolute Gasteiger partial charge is 0.251 e. The van der Waals surface area contributed by atoms with Crippen molar-refractivity contribution >= 4 is 17.5 Å². The van der Waals surface area contributed by atoms with Crippen LogP contribution in [0.15, 0.2) is 18.2 Å². The van der Waals surface area contributed by atoms with Gasteiger partial charge < -0.3 is 19.8 Å². The molecule has 0 atom stereocenters. The number of hydrogen-bond acceptors (Lipinski definition) is 5. The lowest BCUT2D eigenvalue weighted by Crippen LogP contribution is -2.38. The van der Waals surface area contributed by atoms with Gasteiger partial charge >= 0.3 is 0 Å². The highest BCUT2D eigenvalue weighted by Gasteiger charge is 2.23. The van der Waals surface area contributed by atoms with E-state index in [1.165, 1.54) is 0 Å². The number of methoxy groups -OCH3 is 1. The lowest BCUT2D eigenvalue weighted by Gasteiger charge is -2.32. The molecular weight excluding hydrogens is 404 g/mol. The number of imidazole rings is 1. The summed E-state index contributed by atoms with van der Waals surface area (Å²) in [5.41, 5.74) is 2.80. The van der Waals surface area contributed by atoms with Crippen LogP contribution in [-0.2, 0) is 17.7 Å². The number of nitrogens with one attached hydrogen (secondary N) is 2. The molecule has 8 heteroatoms. The number of benzene rings is 1. The van der Waals surface area contributed by atoms with Crippen LogP contribution in [0, 0.1) is 6.92 Å². The summed E-state index contributed by atoms with van der Waals surface area (Å²) < 4.78 is 11.1. The van der Waals surface area contributed by atoms with Gasteiger partial charge in [-0.15, -0.1) is 0 Å². The van der Waals surface area contributed by atoms with E-state index in [1.54, 1.807) is 25.3 Å². The summed E-state index contributed by atoms with van der Waals surface area (Å²) in [7, 11) is 1.60. The SMILES string of the molecule is CCc1nc(CN2CCC(Oc3ccc(C(=O)NCCOC)cc3Cl)CC2)c(C)[nH]1. The van der Waals surface area contributed by atoms with Crippen LogP contribution in [0.25, 0.3) is 0 Å². The summed E-state index contributed by atoms with van der Waals surface area (Å²) in [5.74, 6) is 1.50. The fourth-order valence-electron chi connectivity index (χ4n) is 3.57. The topological polar surface area (TPSA) is 79.5 Å². The van der Waals surface area contributed by atoms with Gasteiger partial charge in [0.15, 0.2) is 0 Å². The first kappa shape index (κ1) is 22.6. The molecule has 1 fully saturated rings. The minimum atomic E-state index is -0.173. The zero-order valence-corrected chi connectivity index (χ0v) is 18.7. The molecule has 0 saturated carbocycles. The summed E-state index contributed by atoms with van der Waals surface area (Å²) >= 11 is 6.37. The van der Waals surface area contributed by atoms with Crippen LogP contribution in [-0.4, -0.2) is 60.2 Å². The van der Waals surface area contributed by atoms with Crippen LogP contribution in [0.5, 0.6) is 5.75 Å². The Morgan fingerprint density at radius 3 is 2.77 bits per heavy atom. The molecule has 0 spiro atoms. The number of aromatic nitrogens is 2. The fourth-order valence-corrected chi connectivity index (χ4v) is 3.79. The van der Waals surface area contributed by atoms with Crippen LogP contribution in [0.3, 0.4) is 0 Å². The molecule has 164 valence electrons. The first-order valence-electron chi connectivity index (χ1n) is 10.5. The Labute approximate surface area is 183 Å². The van der Waals surface area contributed by atoms with Crippen molar-refractivity contribution in [3.8, 4) is 5.75 Å². The van der Waals surface area contributed by atoms with Gasteiger partial charge in [-0.1, -0.05) is 18.5 Å². The number of amides is 1. The zero-order valence-electron chi connectivity index (χ0n) is 18.0. The van der Waals surface area contributed by atoms with Crippen molar-refractivity contribution in [1.29, 1.82) is 0 Å². The number of hydrogen-bond donors (Lipinski definition) is 2. The monoisotopic (exact) mass is 434 g/mol. The van der Waals surface area contributed by atoms with Crippen LogP contribution >= 0.6 is 11.6 Å². The van der Waals surface area contributed by atoms with Crippen molar-refractivity contribution < 1.29 is 14.3 Å². The second-order valence-electron chi connectivity index (χ2n) is 7.60. The molecule has 0 aliphatic carbocycles. The molecule has 1 aromatic heterocycles. The van der Waals surface area contributed by atoms with E-state index in [2.05, 4.69) is 34.0 Å². The number of halogens is 1. The molecule has 2 aromatic rings. The fraction of sp³-hybridized carbons (Fsp3) is 0.545. The Balaban J connectivity index is 1.49. The highest BCUT2D eigenvalue weighted by Crippen LogP contribution is 2.28. The Kier molecular flexibility index (Phi) is 8.13. The third-order valence-corrected chi connectivity index (χ3v) is 5.65. The van der Waals surface area contributed by atoms with Crippen LogP contribution in [0.2, 0.25) is 5.02 Å². The van der Waals surface area contributed by atoms with Crippen molar-refractivity contribution in [2.45, 2.75) is 45.8 Å². The van der Waals surface area contributed by atoms with Gasteiger partial charge in [0.2, 0.25) is 0 Å². The maximum absolute atomic E-state index is 12.1. The van der Waals surface area contributed by atoms with Gasteiger partial charge in [-0.3, -0.25) is 9.69 Å². The van der Waals surface area contributed by atoms with Gasteiger partial charge in [0.05, 0.1) is 17.3 Å². The number of aromatic amines is 1. The molecule has 3 rings (SSSR count). The molecule has 7 nitrogen and oxygen atoms in total. The maximum Gasteiger partial charge on any atom is 0.251 e. The van der Waals surface area contributed by atoms with Crippen LogP contribution in [0.4, 0.5) is 0 Å². The highest BCUT2D eigenvalue weighted by molar-refractivity contribution is 6.32. The minimum Gasteiger partial charge on any atom is -0.489 e. The summed E-state index contributed by atoms with van der Waals surface area (Å²) in [4.78, 5) is 22.6. The lowest BCUT2D eigenvalue weighted by atomic mass is 10.1. The third-order valence-electron chi connectivity index (χ3n) is 5.36. The molecule has 1 amide bonds. The van der Waals surface area contributed by atoms with Gasteiger partial charge in [-0.25, -0.2) is 4.98 Å². The normalized spacial score (nSPS) is 15.3. The highest BCUT2D eigenvalue weighted by atomic mass is 35.5. The quantitative estimate of drug-likeness (QED) is 0.591. The number of rotatable bonds is 9. The Hall–Kier alpha value is -2.09. The van der Waals surface area contributed by atoms with Crippen molar-refractivity contribution in [2.24, 2.45) is 0 Å². The lowest BCUT2D eigenvalue weighted by molar-refractivity contribution is 0.0935. The zero-order chi connectivity index (χ0) is 21.5. The minimum absolute atomic E-state index is 0.117. The number of aryl methyl sites for hydroxylation is 2. The first-order valence-corrected chi connectivity index (χ1v) is 10.9. The maximum atomic E-state index is 12.1. The van der Waals surface area contributed by atoms with E-state index < -0.39 is 0 Å². The number of carbonyl (C=O) groups is 1. The van der Waals surface area contributed by atoms with Crippen molar-refractivity contribution in [2.75, 3.05) is 33.4 Å². The Bertz CT molecular complexity index is 847. The molecule has 0 bridgehead atoms. The van der Waals surface area contributed by atoms with E-state index in [1.807, 2.05) is 0 Å². The molecule has 30 heavy (non-hydrogen) atoms. The molecule has 2 heterocycles. The Morgan fingerprint density at radius 1 is 1.37 bits per heavy atom. The van der Waals surface area contributed by atoms with Gasteiger partial charge in [-0.05, 0) is 38.0 Å². The largest absolute Gasteiger partial charge is 0.489 e. The number of piperidine rings is 1. The summed E-state index contributed by atoms with van der Waals surface area (Å²) in [6.07, 6.45) is 2.90. The van der Waals surface area contributed by atoms with E-state index >= 15 is 0 Å². The van der Waals surface area contributed by atoms with E-state index in [-0.39, 0.29) is 12.0 Å². The molecule has 0 unspecified atom stereocenters. The average molecular weight is 435 g/mol. The number of ether oxygens (including phenoxy) is 2. The molecule has 1 aromatic carbocycles. The summed E-state index contributed by atoms with van der Waals surface area (Å²) in [5, 5.41) is 3.24. The van der Waals surface area contributed by atoms with Crippen molar-refractivity contribution in [1.82, 2.24) is 20.2 Å². The summed E-state index contributed by atoms with van der Waals surface area (Å²) in [6, 6.07) is 5.17. The predicted molar refractivity (Wildman–Crippen MR) is 117 cm³/mol. The van der Waals surface area contributed by atoms with Crippen molar-refractivity contribution in [3.05, 3.63) is 46.0 Å². The first-order chi connectivity index (χ1) is 14.5. The number of H-pyrrole nitrogens is 1. The Morgan fingerprint density at radius 2 is 2.13 bits per heavy atom. The van der Waals surface area contributed by atoms with E-state index in [0.29, 0.717) is 29.5 Å². The van der Waals surface area contributed by atoms with E-state index in [9.17, 15) is 4.79 Å². The van der Waals surface area contributed by atoms with Gasteiger partial charge in [0.1, 0.15) is 17.7 Å². The molecule has 1 aliphatic rings. The third kappa shape index (κ3) is 5.97. The molecule has 1 aliphatic heterocycles. The van der Waals surface area contributed by atoms with Gasteiger partial charge in [0, 0.05) is 51.0 Å².